The molecule has 0 aliphatic heterocycles. The normalized spacial score (nSPS) is 9.25. The number of nitrogens with zero attached hydrogens (tertiary/aromatic N) is 3. The van der Waals surface area contributed by atoms with Gasteiger partial charge < -0.3 is 15.1 Å². The largest absolute Gasteiger partial charge is 0.349 e. The first-order valence-electron chi connectivity index (χ1n) is 5.84. The molecular formula is C13H20BrIN4O. The van der Waals surface area contributed by atoms with Gasteiger partial charge in [-0.1, -0.05) is 22.0 Å². The molecule has 7 heteroatoms. The van der Waals surface area contributed by atoms with Gasteiger partial charge in [-0.25, -0.2) is 4.99 Å². The number of carbonyl (C=O) groups is 1. The molecule has 0 fully saturated rings. The predicted octanol–water partition coefficient (Wildman–Crippen LogP) is 2.48. The van der Waals surface area contributed by atoms with Gasteiger partial charge in [0.15, 0.2) is 5.96 Å². The van der Waals surface area contributed by atoms with Gasteiger partial charge in [-0.15, -0.1) is 24.0 Å². The van der Waals surface area contributed by atoms with Crippen LogP contribution in [-0.2, 0) is 4.79 Å². The fraction of sp³-hybridized carbons (Fsp3) is 0.385. The molecule has 5 nitrogen and oxygen atoms in total. The molecule has 0 saturated carbocycles. The Morgan fingerprint density at radius 1 is 1.25 bits per heavy atom. The highest BCUT2D eigenvalue weighted by molar-refractivity contribution is 14.0. The average Bonchev–Trinajstić information content (AvgIpc) is 2.27. The number of amides is 1. The molecule has 0 aliphatic rings. The second kappa shape index (κ2) is 9.17. The van der Waals surface area contributed by atoms with E-state index in [4.69, 9.17) is 0 Å². The maximum atomic E-state index is 11.8. The fourth-order valence-corrected chi connectivity index (χ4v) is 1.99. The number of rotatable bonds is 3. The van der Waals surface area contributed by atoms with Crippen molar-refractivity contribution in [2.45, 2.75) is 0 Å². The lowest BCUT2D eigenvalue weighted by Gasteiger charge is -2.22. The Bertz CT molecular complexity index is 467. The summed E-state index contributed by atoms with van der Waals surface area (Å²) in [6, 6.07) is 7.46. The molecule has 0 unspecified atom stereocenters. The molecule has 1 N–H and O–H groups in total. The van der Waals surface area contributed by atoms with E-state index in [0.717, 1.165) is 16.1 Å². The Labute approximate surface area is 145 Å². The molecule has 0 saturated heterocycles. The third-order valence-corrected chi connectivity index (χ3v) is 2.77. The molecule has 1 aromatic carbocycles. The minimum atomic E-state index is -0.140. The first-order valence-corrected chi connectivity index (χ1v) is 6.64. The third-order valence-electron chi connectivity index (χ3n) is 2.27. The Kier molecular flexibility index (Phi) is 8.79. The van der Waals surface area contributed by atoms with E-state index in [1.165, 1.54) is 0 Å². The van der Waals surface area contributed by atoms with Crippen LogP contribution in [0.25, 0.3) is 0 Å². The van der Waals surface area contributed by atoms with Crippen LogP contribution < -0.4 is 5.32 Å². The SMILES string of the molecule is CN(C)C(=NCC(=O)Nc1cccc(Br)c1)N(C)C.I. The number of aliphatic imine (C=N–C) groups is 1. The molecule has 1 amide bonds. The molecule has 1 rings (SSSR count). The number of guanidine groups is 1. The summed E-state index contributed by atoms with van der Waals surface area (Å²) in [5.74, 6) is 0.615. The molecule has 112 valence electrons. The van der Waals surface area contributed by atoms with Crippen LogP contribution in [-0.4, -0.2) is 56.4 Å². The summed E-state index contributed by atoms with van der Waals surface area (Å²) in [6.45, 7) is 0.0954. The van der Waals surface area contributed by atoms with Crippen LogP contribution in [0, 0.1) is 0 Å². The lowest BCUT2D eigenvalue weighted by Crippen LogP contribution is -2.36. The van der Waals surface area contributed by atoms with Crippen molar-refractivity contribution in [3.63, 3.8) is 0 Å². The van der Waals surface area contributed by atoms with Gasteiger partial charge in [0.25, 0.3) is 0 Å². The van der Waals surface area contributed by atoms with E-state index in [1.54, 1.807) is 0 Å². The number of hydrogen-bond donors (Lipinski definition) is 1. The molecule has 0 spiro atoms. The van der Waals surface area contributed by atoms with E-state index < -0.39 is 0 Å². The minimum Gasteiger partial charge on any atom is -0.349 e. The second-order valence-electron chi connectivity index (χ2n) is 4.46. The molecule has 0 aliphatic carbocycles. The number of carbonyl (C=O) groups excluding carboxylic acids is 1. The van der Waals surface area contributed by atoms with Crippen LogP contribution in [0.5, 0.6) is 0 Å². The number of hydrogen-bond acceptors (Lipinski definition) is 2. The predicted molar refractivity (Wildman–Crippen MR) is 97.9 cm³/mol. The van der Waals surface area contributed by atoms with E-state index in [1.807, 2.05) is 62.3 Å². The van der Waals surface area contributed by atoms with E-state index in [2.05, 4.69) is 26.2 Å². The van der Waals surface area contributed by atoms with Crippen molar-refractivity contribution in [2.75, 3.05) is 40.1 Å². The van der Waals surface area contributed by atoms with Crippen molar-refractivity contribution >= 4 is 57.5 Å². The van der Waals surface area contributed by atoms with Gasteiger partial charge in [-0.05, 0) is 18.2 Å². The minimum absolute atomic E-state index is 0. The monoisotopic (exact) mass is 454 g/mol. The molecule has 1 aromatic rings. The summed E-state index contributed by atoms with van der Waals surface area (Å²) >= 11 is 3.36. The molecule has 20 heavy (non-hydrogen) atoms. The Hall–Kier alpha value is -0.830. The van der Waals surface area contributed by atoms with Crippen LogP contribution >= 0.6 is 39.9 Å². The first kappa shape index (κ1) is 19.2. The van der Waals surface area contributed by atoms with Crippen molar-refractivity contribution in [1.29, 1.82) is 0 Å². The van der Waals surface area contributed by atoms with Crippen LogP contribution in [0.15, 0.2) is 33.7 Å². The van der Waals surface area contributed by atoms with Crippen molar-refractivity contribution in [3.05, 3.63) is 28.7 Å². The van der Waals surface area contributed by atoms with Crippen molar-refractivity contribution in [3.8, 4) is 0 Å². The van der Waals surface area contributed by atoms with E-state index in [-0.39, 0.29) is 36.4 Å². The van der Waals surface area contributed by atoms with Crippen molar-refractivity contribution < 1.29 is 4.79 Å². The first-order chi connectivity index (χ1) is 8.90. The Morgan fingerprint density at radius 3 is 2.35 bits per heavy atom. The van der Waals surface area contributed by atoms with Gasteiger partial charge in [0, 0.05) is 38.4 Å². The molecule has 0 aromatic heterocycles. The topological polar surface area (TPSA) is 47.9 Å². The molecular weight excluding hydrogens is 435 g/mol. The third kappa shape index (κ3) is 6.56. The molecule has 0 bridgehead atoms. The zero-order valence-corrected chi connectivity index (χ0v) is 16.0. The number of anilines is 1. The number of nitrogens with one attached hydrogen (secondary N) is 1. The van der Waals surface area contributed by atoms with Crippen LogP contribution in [0.1, 0.15) is 0 Å². The maximum Gasteiger partial charge on any atom is 0.246 e. The van der Waals surface area contributed by atoms with Gasteiger partial charge in [0.1, 0.15) is 6.54 Å². The highest BCUT2D eigenvalue weighted by Gasteiger charge is 2.06. The van der Waals surface area contributed by atoms with Gasteiger partial charge in [-0.2, -0.15) is 0 Å². The summed E-state index contributed by atoms with van der Waals surface area (Å²) < 4.78 is 0.927. The second-order valence-corrected chi connectivity index (χ2v) is 5.38. The maximum absolute atomic E-state index is 11.8. The van der Waals surface area contributed by atoms with E-state index in [9.17, 15) is 4.79 Å². The zero-order valence-electron chi connectivity index (χ0n) is 12.1. The highest BCUT2D eigenvalue weighted by Crippen LogP contribution is 2.15. The van der Waals surface area contributed by atoms with Gasteiger partial charge >= 0.3 is 0 Å². The number of halogens is 2. The quantitative estimate of drug-likeness (QED) is 0.433. The Morgan fingerprint density at radius 2 is 1.85 bits per heavy atom. The standard InChI is InChI=1S/C13H19BrN4O.HI/c1-17(2)13(18(3)4)15-9-12(19)16-11-7-5-6-10(14)8-11;/h5-8H,9H2,1-4H3,(H,16,19);1H. The van der Waals surface area contributed by atoms with Gasteiger partial charge in [-0.3, -0.25) is 4.79 Å². The summed E-state index contributed by atoms with van der Waals surface area (Å²) in [5.41, 5.74) is 0.755. The zero-order chi connectivity index (χ0) is 14.4. The lowest BCUT2D eigenvalue weighted by atomic mass is 10.3. The van der Waals surface area contributed by atoms with Crippen molar-refractivity contribution in [1.82, 2.24) is 9.80 Å². The summed E-state index contributed by atoms with van der Waals surface area (Å²) in [7, 11) is 7.58. The van der Waals surface area contributed by atoms with Crippen LogP contribution in [0.4, 0.5) is 5.69 Å². The summed E-state index contributed by atoms with van der Waals surface area (Å²) in [6.07, 6.45) is 0. The fourth-order valence-electron chi connectivity index (χ4n) is 1.59. The van der Waals surface area contributed by atoms with Gasteiger partial charge in [0.2, 0.25) is 5.91 Å². The number of benzene rings is 1. The lowest BCUT2D eigenvalue weighted by molar-refractivity contribution is -0.114. The molecule has 0 heterocycles. The Balaban J connectivity index is 0.00000361. The van der Waals surface area contributed by atoms with E-state index >= 15 is 0 Å². The molecule has 0 radical (unpaired) electrons. The van der Waals surface area contributed by atoms with Crippen LogP contribution in [0.3, 0.4) is 0 Å². The summed E-state index contributed by atoms with van der Waals surface area (Å²) in [5, 5.41) is 2.80. The van der Waals surface area contributed by atoms with E-state index in [0.29, 0.717) is 0 Å². The average molecular weight is 455 g/mol. The molecule has 0 atom stereocenters. The smallest absolute Gasteiger partial charge is 0.246 e. The van der Waals surface area contributed by atoms with Crippen LogP contribution in [0.2, 0.25) is 0 Å². The summed E-state index contributed by atoms with van der Waals surface area (Å²) in [4.78, 5) is 19.8. The highest BCUT2D eigenvalue weighted by atomic mass is 127. The van der Waals surface area contributed by atoms with Gasteiger partial charge in [0.05, 0.1) is 0 Å². The van der Waals surface area contributed by atoms with Crippen molar-refractivity contribution in [2.24, 2.45) is 4.99 Å².